The van der Waals surface area contributed by atoms with Crippen LogP contribution in [0.2, 0.25) is 0 Å². The van der Waals surface area contributed by atoms with E-state index < -0.39 is 4.92 Å². The van der Waals surface area contributed by atoms with Gasteiger partial charge in [0.15, 0.2) is 5.78 Å². The van der Waals surface area contributed by atoms with Crippen molar-refractivity contribution in [3.8, 4) is 0 Å². The predicted molar refractivity (Wildman–Crippen MR) is 108 cm³/mol. The second-order valence-corrected chi connectivity index (χ2v) is 6.80. The van der Waals surface area contributed by atoms with E-state index in [0.717, 1.165) is 12.4 Å². The van der Waals surface area contributed by atoms with Crippen molar-refractivity contribution in [3.05, 3.63) is 88.0 Å². The van der Waals surface area contributed by atoms with Gasteiger partial charge in [-0.05, 0) is 25.0 Å². The number of nitro benzene ring substituents is 1. The number of nitro groups is 1. The van der Waals surface area contributed by atoms with Crippen molar-refractivity contribution in [1.82, 2.24) is 9.55 Å². The summed E-state index contributed by atoms with van der Waals surface area (Å²) in [5.41, 5.74) is 1.10. The predicted octanol–water partition coefficient (Wildman–Crippen LogP) is 4.08. The quantitative estimate of drug-likeness (QED) is 0.362. The van der Waals surface area contributed by atoms with Crippen molar-refractivity contribution < 1.29 is 9.72 Å². The van der Waals surface area contributed by atoms with Crippen LogP contribution in [0.5, 0.6) is 0 Å². The maximum Gasteiger partial charge on any atom is 0.293 e. The molecule has 0 unspecified atom stereocenters. The molecule has 0 fully saturated rings. The Balaban J connectivity index is 1.73. The second kappa shape index (κ2) is 8.47. The molecule has 0 aliphatic heterocycles. The molecule has 0 saturated heterocycles. The number of ketones is 1. The number of carbonyl (C=O) groups excluding carboxylic acids is 1. The van der Waals surface area contributed by atoms with Crippen molar-refractivity contribution in [2.45, 2.75) is 20.4 Å². The minimum atomic E-state index is -0.464. The number of benzene rings is 2. The molecule has 1 atom stereocenters. The van der Waals surface area contributed by atoms with E-state index in [4.69, 9.17) is 0 Å². The molecule has 0 aliphatic rings. The van der Waals surface area contributed by atoms with Gasteiger partial charge in [-0.15, -0.1) is 0 Å². The number of hydrogen-bond donors (Lipinski definition) is 1. The Morgan fingerprint density at radius 1 is 1.21 bits per heavy atom. The van der Waals surface area contributed by atoms with Crippen molar-refractivity contribution in [2.75, 3.05) is 11.9 Å². The van der Waals surface area contributed by atoms with E-state index in [1.54, 1.807) is 42.6 Å². The molecule has 0 amide bonds. The zero-order chi connectivity index (χ0) is 20.1. The molecule has 3 rings (SSSR count). The zero-order valence-electron chi connectivity index (χ0n) is 15.8. The first-order chi connectivity index (χ1) is 13.5. The summed E-state index contributed by atoms with van der Waals surface area (Å²) < 4.78 is 2.04. The van der Waals surface area contributed by atoms with Gasteiger partial charge in [-0.3, -0.25) is 14.9 Å². The molecular weight excluding hydrogens is 356 g/mol. The van der Waals surface area contributed by atoms with E-state index in [1.807, 2.05) is 23.8 Å². The number of nitrogens with zero attached hydrogens (tertiary/aromatic N) is 3. The standard InChI is InChI=1S/C21H22N4O3/c1-15(14-24-11-10-22-16(24)2)13-23-19-9-8-18(12-20(19)25(27)28)21(26)17-6-4-3-5-7-17/h3-12,15,23H,13-14H2,1-2H3/t15-/m0/s1. The number of hydrogen-bond acceptors (Lipinski definition) is 5. The van der Waals surface area contributed by atoms with Gasteiger partial charge in [0.05, 0.1) is 4.92 Å². The number of anilines is 1. The molecule has 28 heavy (non-hydrogen) atoms. The first kappa shape index (κ1) is 19.3. The summed E-state index contributed by atoms with van der Waals surface area (Å²) in [6, 6.07) is 13.3. The van der Waals surface area contributed by atoms with Crippen LogP contribution in [-0.4, -0.2) is 26.8 Å². The highest BCUT2D eigenvalue weighted by atomic mass is 16.6. The minimum absolute atomic E-state index is 0.104. The number of rotatable bonds is 8. The summed E-state index contributed by atoms with van der Waals surface area (Å²) in [4.78, 5) is 27.8. The lowest BCUT2D eigenvalue weighted by molar-refractivity contribution is -0.384. The van der Waals surface area contributed by atoms with Crippen molar-refractivity contribution >= 4 is 17.2 Å². The van der Waals surface area contributed by atoms with E-state index >= 15 is 0 Å². The average molecular weight is 378 g/mol. The van der Waals surface area contributed by atoms with Crippen molar-refractivity contribution in [1.29, 1.82) is 0 Å². The first-order valence-electron chi connectivity index (χ1n) is 9.05. The Morgan fingerprint density at radius 3 is 2.61 bits per heavy atom. The highest BCUT2D eigenvalue weighted by Gasteiger charge is 2.19. The molecule has 2 aromatic carbocycles. The van der Waals surface area contributed by atoms with Gasteiger partial charge in [0.2, 0.25) is 0 Å². The second-order valence-electron chi connectivity index (χ2n) is 6.80. The largest absolute Gasteiger partial charge is 0.379 e. The number of imidazole rings is 1. The Bertz CT molecular complexity index is 982. The van der Waals surface area contributed by atoms with Gasteiger partial charge in [-0.2, -0.15) is 0 Å². The molecule has 1 N–H and O–H groups in total. The lowest BCUT2D eigenvalue weighted by atomic mass is 10.0. The maximum absolute atomic E-state index is 12.6. The summed E-state index contributed by atoms with van der Waals surface area (Å²) in [7, 11) is 0. The van der Waals surface area contributed by atoms with Gasteiger partial charge >= 0.3 is 0 Å². The number of aromatic nitrogens is 2. The molecule has 0 bridgehead atoms. The van der Waals surface area contributed by atoms with Gasteiger partial charge in [0.1, 0.15) is 11.5 Å². The first-order valence-corrected chi connectivity index (χ1v) is 9.05. The van der Waals surface area contributed by atoms with E-state index in [0.29, 0.717) is 23.4 Å². The van der Waals surface area contributed by atoms with Crippen LogP contribution in [-0.2, 0) is 6.54 Å². The van der Waals surface area contributed by atoms with Crippen LogP contribution in [0.25, 0.3) is 0 Å². The van der Waals surface area contributed by atoms with Crippen molar-refractivity contribution in [3.63, 3.8) is 0 Å². The molecule has 7 nitrogen and oxygen atoms in total. The smallest absolute Gasteiger partial charge is 0.293 e. The monoisotopic (exact) mass is 378 g/mol. The Morgan fingerprint density at radius 2 is 1.96 bits per heavy atom. The zero-order valence-corrected chi connectivity index (χ0v) is 15.8. The SMILES string of the molecule is Cc1nccn1C[C@@H](C)CNc1ccc(C(=O)c2ccccc2)cc1[N+](=O)[O-]. The molecule has 144 valence electrons. The summed E-state index contributed by atoms with van der Waals surface area (Å²) in [6.45, 7) is 5.32. The topological polar surface area (TPSA) is 90.1 Å². The third kappa shape index (κ3) is 4.43. The fourth-order valence-electron chi connectivity index (χ4n) is 3.01. The van der Waals surface area contributed by atoms with E-state index in [-0.39, 0.29) is 17.4 Å². The van der Waals surface area contributed by atoms with Crippen LogP contribution < -0.4 is 5.32 Å². The molecule has 1 aromatic heterocycles. The Labute approximate surface area is 163 Å². The molecule has 1 heterocycles. The highest BCUT2D eigenvalue weighted by molar-refractivity contribution is 6.09. The maximum atomic E-state index is 12.6. The Hall–Kier alpha value is -3.48. The molecule has 0 saturated carbocycles. The lowest BCUT2D eigenvalue weighted by Crippen LogP contribution is -2.18. The van der Waals surface area contributed by atoms with Crippen LogP contribution in [0.4, 0.5) is 11.4 Å². The molecule has 7 heteroatoms. The van der Waals surface area contributed by atoms with Gasteiger partial charge in [0.25, 0.3) is 5.69 Å². The van der Waals surface area contributed by atoms with E-state index in [9.17, 15) is 14.9 Å². The average Bonchev–Trinajstić information content (AvgIpc) is 3.10. The minimum Gasteiger partial charge on any atom is -0.379 e. The van der Waals surface area contributed by atoms with Gasteiger partial charge < -0.3 is 9.88 Å². The van der Waals surface area contributed by atoms with Crippen molar-refractivity contribution in [2.24, 2.45) is 5.92 Å². The number of carbonyl (C=O) groups is 1. The number of nitrogens with one attached hydrogen (secondary N) is 1. The van der Waals surface area contributed by atoms with Crippen LogP contribution in [0.1, 0.15) is 28.7 Å². The molecular formula is C21H22N4O3. The summed E-state index contributed by atoms with van der Waals surface area (Å²) in [5.74, 6) is 0.930. The summed E-state index contributed by atoms with van der Waals surface area (Å²) >= 11 is 0. The van der Waals surface area contributed by atoms with Crippen LogP contribution in [0, 0.1) is 23.0 Å². The van der Waals surface area contributed by atoms with Gasteiger partial charge in [-0.25, -0.2) is 4.98 Å². The fourth-order valence-corrected chi connectivity index (χ4v) is 3.01. The van der Waals surface area contributed by atoms with Gasteiger partial charge in [-0.1, -0.05) is 37.3 Å². The normalized spacial score (nSPS) is 11.8. The molecule has 0 spiro atoms. The molecule has 0 aliphatic carbocycles. The third-order valence-corrected chi connectivity index (χ3v) is 4.57. The van der Waals surface area contributed by atoms with E-state index in [1.165, 1.54) is 6.07 Å². The molecule has 3 aromatic rings. The van der Waals surface area contributed by atoms with Crippen LogP contribution >= 0.6 is 0 Å². The summed E-state index contributed by atoms with van der Waals surface area (Å²) in [6.07, 6.45) is 3.67. The third-order valence-electron chi connectivity index (χ3n) is 4.57. The van der Waals surface area contributed by atoms with Crippen LogP contribution in [0.15, 0.2) is 60.9 Å². The fraction of sp³-hybridized carbons (Fsp3) is 0.238. The van der Waals surface area contributed by atoms with Gasteiger partial charge in [0, 0.05) is 42.7 Å². The lowest BCUT2D eigenvalue weighted by Gasteiger charge is -2.15. The van der Waals surface area contributed by atoms with E-state index in [2.05, 4.69) is 17.2 Å². The van der Waals surface area contributed by atoms with Crippen LogP contribution in [0.3, 0.4) is 0 Å². The molecule has 0 radical (unpaired) electrons. The summed E-state index contributed by atoms with van der Waals surface area (Å²) in [5, 5.41) is 14.7. The number of aryl methyl sites for hydroxylation is 1. The Kier molecular flexibility index (Phi) is 5.84. The highest BCUT2D eigenvalue weighted by Crippen LogP contribution is 2.27.